The van der Waals surface area contributed by atoms with E-state index in [9.17, 15) is 0 Å². The molecule has 0 amide bonds. The number of rotatable bonds is 8. The lowest BCUT2D eigenvalue weighted by Gasteiger charge is -2.20. The minimum atomic E-state index is -0.160. The number of aryl methyl sites for hydroxylation is 1. The number of ether oxygens (including phenoxy) is 1. The van der Waals surface area contributed by atoms with E-state index < -0.39 is 0 Å². The SMILES string of the molecule is CCc1cc(CCN(C)CC(N)CO)ccc1OC. The fourth-order valence-corrected chi connectivity index (χ4v) is 2.13. The smallest absolute Gasteiger partial charge is 0.122 e. The summed E-state index contributed by atoms with van der Waals surface area (Å²) >= 11 is 0. The molecule has 0 aliphatic heterocycles. The van der Waals surface area contributed by atoms with Gasteiger partial charge in [-0.15, -0.1) is 0 Å². The fraction of sp³-hybridized carbons (Fsp3) is 0.600. The standard InChI is InChI=1S/C15H26N2O2/c1-4-13-9-12(5-6-15(13)19-3)7-8-17(2)10-14(16)11-18/h5-6,9,14,18H,4,7-8,10-11,16H2,1-3H3. The Kier molecular flexibility index (Phi) is 6.84. The summed E-state index contributed by atoms with van der Waals surface area (Å²) in [5, 5.41) is 8.93. The second-order valence-electron chi connectivity index (χ2n) is 4.95. The molecular weight excluding hydrogens is 240 g/mol. The van der Waals surface area contributed by atoms with Gasteiger partial charge in [0.25, 0.3) is 0 Å². The molecule has 4 nitrogen and oxygen atoms in total. The summed E-state index contributed by atoms with van der Waals surface area (Å²) in [6.07, 6.45) is 1.95. The van der Waals surface area contributed by atoms with E-state index in [0.29, 0.717) is 6.54 Å². The Morgan fingerprint density at radius 3 is 2.74 bits per heavy atom. The Balaban J connectivity index is 2.53. The predicted octanol–water partition coefficient (Wildman–Crippen LogP) is 1.05. The molecule has 0 aliphatic rings. The van der Waals surface area contributed by atoms with Crippen LogP contribution in [0.25, 0.3) is 0 Å². The zero-order chi connectivity index (χ0) is 14.3. The number of hydrogen-bond donors (Lipinski definition) is 2. The van der Waals surface area contributed by atoms with Gasteiger partial charge in [0.05, 0.1) is 13.7 Å². The number of nitrogens with two attached hydrogens (primary N) is 1. The summed E-state index contributed by atoms with van der Waals surface area (Å²) in [5.41, 5.74) is 8.27. The Morgan fingerprint density at radius 1 is 1.42 bits per heavy atom. The molecule has 0 fully saturated rings. The van der Waals surface area contributed by atoms with Crippen molar-refractivity contribution in [1.29, 1.82) is 0 Å². The van der Waals surface area contributed by atoms with Crippen LogP contribution in [0, 0.1) is 0 Å². The van der Waals surface area contributed by atoms with Gasteiger partial charge >= 0.3 is 0 Å². The summed E-state index contributed by atoms with van der Waals surface area (Å²) in [4.78, 5) is 2.15. The van der Waals surface area contributed by atoms with Crippen LogP contribution in [0.1, 0.15) is 18.1 Å². The van der Waals surface area contributed by atoms with Crippen LogP contribution in [-0.4, -0.2) is 49.9 Å². The van der Waals surface area contributed by atoms with Gasteiger partial charge in [-0.3, -0.25) is 0 Å². The molecule has 0 aliphatic carbocycles. The first-order valence-electron chi connectivity index (χ1n) is 6.81. The minimum Gasteiger partial charge on any atom is -0.496 e. The van der Waals surface area contributed by atoms with Crippen LogP contribution in [0.3, 0.4) is 0 Å². The van der Waals surface area contributed by atoms with E-state index in [1.807, 2.05) is 13.1 Å². The van der Waals surface area contributed by atoms with Crippen molar-refractivity contribution in [3.05, 3.63) is 29.3 Å². The van der Waals surface area contributed by atoms with Crippen molar-refractivity contribution in [3.63, 3.8) is 0 Å². The third-order valence-corrected chi connectivity index (χ3v) is 3.29. The second kappa shape index (κ2) is 8.15. The fourth-order valence-electron chi connectivity index (χ4n) is 2.13. The molecule has 1 aromatic rings. The molecule has 4 heteroatoms. The first-order chi connectivity index (χ1) is 9.10. The molecule has 0 spiro atoms. The maximum Gasteiger partial charge on any atom is 0.122 e. The zero-order valence-electron chi connectivity index (χ0n) is 12.2. The van der Waals surface area contributed by atoms with Gasteiger partial charge < -0.3 is 20.5 Å². The average Bonchev–Trinajstić information content (AvgIpc) is 2.44. The molecule has 0 aromatic heterocycles. The summed E-state index contributed by atoms with van der Waals surface area (Å²) < 4.78 is 5.33. The van der Waals surface area contributed by atoms with Gasteiger partial charge in [0.2, 0.25) is 0 Å². The molecule has 0 heterocycles. The number of aliphatic hydroxyl groups excluding tert-OH is 1. The van der Waals surface area contributed by atoms with Crippen molar-refractivity contribution in [1.82, 2.24) is 4.90 Å². The Bertz CT molecular complexity index is 382. The van der Waals surface area contributed by atoms with E-state index in [4.69, 9.17) is 15.6 Å². The van der Waals surface area contributed by atoms with Crippen LogP contribution in [0.15, 0.2) is 18.2 Å². The van der Waals surface area contributed by atoms with E-state index in [1.54, 1.807) is 7.11 Å². The molecule has 108 valence electrons. The molecule has 3 N–H and O–H groups in total. The van der Waals surface area contributed by atoms with Gasteiger partial charge in [-0.1, -0.05) is 19.1 Å². The maximum absolute atomic E-state index is 8.93. The first-order valence-corrected chi connectivity index (χ1v) is 6.81. The highest BCUT2D eigenvalue weighted by Crippen LogP contribution is 2.20. The van der Waals surface area contributed by atoms with E-state index in [1.165, 1.54) is 11.1 Å². The third kappa shape index (κ3) is 5.19. The Morgan fingerprint density at radius 2 is 2.16 bits per heavy atom. The molecule has 1 aromatic carbocycles. The van der Waals surface area contributed by atoms with E-state index >= 15 is 0 Å². The van der Waals surface area contributed by atoms with Crippen LogP contribution in [0.2, 0.25) is 0 Å². The highest BCUT2D eigenvalue weighted by atomic mass is 16.5. The van der Waals surface area contributed by atoms with E-state index in [0.717, 1.165) is 25.1 Å². The topological polar surface area (TPSA) is 58.7 Å². The number of likely N-dealkylation sites (N-methyl/N-ethyl adjacent to an activating group) is 1. The minimum absolute atomic E-state index is 0.0346. The maximum atomic E-state index is 8.93. The normalized spacial score (nSPS) is 12.7. The lowest BCUT2D eigenvalue weighted by Crippen LogP contribution is -2.38. The first kappa shape index (κ1) is 16.0. The number of methoxy groups -OCH3 is 1. The molecule has 1 atom stereocenters. The number of benzene rings is 1. The van der Waals surface area contributed by atoms with Crippen molar-refractivity contribution in [3.8, 4) is 5.75 Å². The van der Waals surface area contributed by atoms with Crippen LogP contribution >= 0.6 is 0 Å². The van der Waals surface area contributed by atoms with Crippen molar-refractivity contribution < 1.29 is 9.84 Å². The Labute approximate surface area is 116 Å². The lowest BCUT2D eigenvalue weighted by molar-refractivity contribution is 0.222. The van der Waals surface area contributed by atoms with Gasteiger partial charge in [-0.25, -0.2) is 0 Å². The molecule has 1 unspecified atom stereocenters. The number of nitrogens with zero attached hydrogens (tertiary/aromatic N) is 1. The van der Waals surface area contributed by atoms with Gasteiger partial charge in [0, 0.05) is 19.1 Å². The van der Waals surface area contributed by atoms with Crippen molar-refractivity contribution in [2.24, 2.45) is 5.73 Å². The Hall–Kier alpha value is -1.10. The second-order valence-corrected chi connectivity index (χ2v) is 4.95. The summed E-state index contributed by atoms with van der Waals surface area (Å²) in [6.45, 7) is 3.82. The van der Waals surface area contributed by atoms with E-state index in [2.05, 4.69) is 24.0 Å². The highest BCUT2D eigenvalue weighted by Gasteiger charge is 2.07. The highest BCUT2D eigenvalue weighted by molar-refractivity contribution is 5.37. The number of hydrogen-bond acceptors (Lipinski definition) is 4. The van der Waals surface area contributed by atoms with Gasteiger partial charge in [0.1, 0.15) is 5.75 Å². The monoisotopic (exact) mass is 266 g/mol. The lowest BCUT2D eigenvalue weighted by atomic mass is 10.0. The third-order valence-electron chi connectivity index (χ3n) is 3.29. The van der Waals surface area contributed by atoms with E-state index in [-0.39, 0.29) is 12.6 Å². The zero-order valence-corrected chi connectivity index (χ0v) is 12.2. The van der Waals surface area contributed by atoms with Crippen molar-refractivity contribution in [2.75, 3.05) is 33.9 Å². The summed E-state index contributed by atoms with van der Waals surface area (Å²) in [6, 6.07) is 6.19. The van der Waals surface area contributed by atoms with Gasteiger partial charge in [0.15, 0.2) is 0 Å². The quantitative estimate of drug-likeness (QED) is 0.738. The molecule has 19 heavy (non-hydrogen) atoms. The average molecular weight is 266 g/mol. The molecule has 0 radical (unpaired) electrons. The van der Waals surface area contributed by atoms with Crippen LogP contribution < -0.4 is 10.5 Å². The molecule has 0 saturated heterocycles. The predicted molar refractivity (Wildman–Crippen MR) is 78.6 cm³/mol. The van der Waals surface area contributed by atoms with Crippen molar-refractivity contribution >= 4 is 0 Å². The molecule has 0 saturated carbocycles. The van der Waals surface area contributed by atoms with Crippen LogP contribution in [-0.2, 0) is 12.8 Å². The molecular formula is C15H26N2O2. The largest absolute Gasteiger partial charge is 0.496 e. The summed E-state index contributed by atoms with van der Waals surface area (Å²) in [7, 11) is 3.73. The van der Waals surface area contributed by atoms with Gasteiger partial charge in [-0.2, -0.15) is 0 Å². The molecule has 1 rings (SSSR count). The number of aliphatic hydroxyl groups is 1. The molecule has 0 bridgehead atoms. The van der Waals surface area contributed by atoms with Crippen LogP contribution in [0.4, 0.5) is 0 Å². The van der Waals surface area contributed by atoms with Crippen LogP contribution in [0.5, 0.6) is 5.75 Å². The van der Waals surface area contributed by atoms with Crippen molar-refractivity contribution in [2.45, 2.75) is 25.8 Å². The van der Waals surface area contributed by atoms with Gasteiger partial charge in [-0.05, 0) is 37.1 Å². The summed E-state index contributed by atoms with van der Waals surface area (Å²) in [5.74, 6) is 0.960.